The molecule has 1 aliphatic carbocycles. The zero-order valence-electron chi connectivity index (χ0n) is 18.7. The van der Waals surface area contributed by atoms with Crippen molar-refractivity contribution >= 4 is 11.8 Å². The number of thioether (sulfide) groups is 1. The summed E-state index contributed by atoms with van der Waals surface area (Å²) in [6.07, 6.45) is 1.74. The summed E-state index contributed by atoms with van der Waals surface area (Å²) in [5.41, 5.74) is 0.488. The number of halogens is 4. The van der Waals surface area contributed by atoms with Gasteiger partial charge in [0, 0.05) is 37.3 Å². The van der Waals surface area contributed by atoms with E-state index in [2.05, 4.69) is 20.1 Å². The van der Waals surface area contributed by atoms with E-state index in [0.29, 0.717) is 11.6 Å². The van der Waals surface area contributed by atoms with Crippen LogP contribution in [0.5, 0.6) is 0 Å². The third-order valence-corrected chi connectivity index (χ3v) is 8.09. The van der Waals surface area contributed by atoms with E-state index >= 15 is 0 Å². The molecular weight excluding hydrogens is 466 g/mol. The fourth-order valence-electron chi connectivity index (χ4n) is 5.04. The Morgan fingerprint density at radius 1 is 1.15 bits per heavy atom. The Labute approximate surface area is 199 Å². The summed E-state index contributed by atoms with van der Waals surface area (Å²) in [7, 11) is 1.95. The Balaban J connectivity index is 1.11. The maximum absolute atomic E-state index is 14.4. The van der Waals surface area contributed by atoms with E-state index in [9.17, 15) is 17.6 Å². The van der Waals surface area contributed by atoms with E-state index in [1.165, 1.54) is 6.07 Å². The molecule has 10 heteroatoms. The second kappa shape index (κ2) is 8.96. The molecule has 1 aliphatic heterocycles. The van der Waals surface area contributed by atoms with Gasteiger partial charge in [0.05, 0.1) is 5.56 Å². The Morgan fingerprint density at radius 2 is 1.94 bits per heavy atom. The minimum atomic E-state index is -4.52. The molecule has 0 radical (unpaired) electrons. The van der Waals surface area contributed by atoms with Crippen LogP contribution in [0.3, 0.4) is 0 Å². The summed E-state index contributed by atoms with van der Waals surface area (Å²) in [5.74, 6) is 0.991. The van der Waals surface area contributed by atoms with Crippen LogP contribution in [-0.2, 0) is 13.2 Å². The van der Waals surface area contributed by atoms with Gasteiger partial charge in [0.2, 0.25) is 0 Å². The molecule has 5 nitrogen and oxygen atoms in total. The lowest BCUT2D eigenvalue weighted by atomic mass is 9.97. The number of benzene rings is 1. The number of pyridine rings is 1. The molecule has 3 aromatic rings. The van der Waals surface area contributed by atoms with Crippen LogP contribution in [-0.4, -0.2) is 50.0 Å². The molecule has 0 N–H and O–H groups in total. The largest absolute Gasteiger partial charge is 0.416 e. The molecule has 1 aromatic carbocycles. The van der Waals surface area contributed by atoms with E-state index in [1.54, 1.807) is 24.2 Å². The topological polar surface area (TPSA) is 46.8 Å². The highest BCUT2D eigenvalue weighted by atomic mass is 32.2. The maximum atomic E-state index is 14.4. The van der Waals surface area contributed by atoms with Crippen molar-refractivity contribution in [2.75, 3.05) is 25.4 Å². The second-order valence-corrected chi connectivity index (χ2v) is 10.2. The van der Waals surface area contributed by atoms with Gasteiger partial charge >= 0.3 is 6.18 Å². The summed E-state index contributed by atoms with van der Waals surface area (Å²) in [6, 6.07) is 6.78. The maximum Gasteiger partial charge on any atom is 0.416 e. The molecule has 2 aromatic heterocycles. The van der Waals surface area contributed by atoms with Crippen LogP contribution in [0.15, 0.2) is 47.9 Å². The summed E-state index contributed by atoms with van der Waals surface area (Å²) in [4.78, 5) is 6.42. The Kier molecular flexibility index (Phi) is 6.14. The van der Waals surface area contributed by atoms with Crippen LogP contribution in [0.25, 0.3) is 11.4 Å². The monoisotopic (exact) mass is 491 g/mol. The first-order chi connectivity index (χ1) is 16.3. The lowest BCUT2D eigenvalue weighted by Crippen LogP contribution is -2.23. The number of hydrogen-bond donors (Lipinski definition) is 0. The quantitative estimate of drug-likeness (QED) is 0.252. The van der Waals surface area contributed by atoms with Gasteiger partial charge in [-0.2, -0.15) is 13.2 Å². The zero-order valence-corrected chi connectivity index (χ0v) is 19.5. The van der Waals surface area contributed by atoms with Gasteiger partial charge in [-0.15, -0.1) is 10.2 Å². The van der Waals surface area contributed by atoms with Crippen molar-refractivity contribution in [2.45, 2.75) is 36.5 Å². The molecule has 3 heterocycles. The van der Waals surface area contributed by atoms with Crippen LogP contribution in [0.1, 0.15) is 36.3 Å². The number of nitrogens with zero attached hydrogens (tertiary/aromatic N) is 5. The fourth-order valence-corrected chi connectivity index (χ4v) is 5.88. The third-order valence-electron chi connectivity index (χ3n) is 6.98. The van der Waals surface area contributed by atoms with Crippen LogP contribution in [0.4, 0.5) is 17.6 Å². The molecule has 180 valence electrons. The third kappa shape index (κ3) is 4.57. The highest BCUT2D eigenvalue weighted by molar-refractivity contribution is 7.99. The minimum absolute atomic E-state index is 0.0107. The first kappa shape index (κ1) is 23.3. The molecule has 34 heavy (non-hydrogen) atoms. The van der Waals surface area contributed by atoms with E-state index in [-0.39, 0.29) is 11.3 Å². The van der Waals surface area contributed by atoms with Gasteiger partial charge < -0.3 is 9.47 Å². The molecule has 1 unspecified atom stereocenters. The van der Waals surface area contributed by atoms with Crippen molar-refractivity contribution in [2.24, 2.45) is 12.5 Å². The lowest BCUT2D eigenvalue weighted by molar-refractivity contribution is -0.137. The fraction of sp³-hybridized carbons (Fsp3) is 0.458. The summed E-state index contributed by atoms with van der Waals surface area (Å²) >= 11 is 1.67. The highest BCUT2D eigenvalue weighted by Gasteiger charge is 2.58. The number of alkyl halides is 3. The standard InChI is InChI=1S/C24H25F4N5S/c1-32-21(16-5-8-29-9-6-16)30-31-22(32)34-12-2-10-33-11-7-23(15-33)14-19(23)18-4-3-17(13-20(18)25)24(26,27)28/h3-6,8-9,13,19H,2,7,10-12,14-15H2,1H3/t19-,23?/m0/s1. The first-order valence-electron chi connectivity index (χ1n) is 11.3. The molecule has 1 saturated carbocycles. The summed E-state index contributed by atoms with van der Waals surface area (Å²) in [6.45, 7) is 2.75. The lowest BCUT2D eigenvalue weighted by Gasteiger charge is -2.16. The SMILES string of the molecule is Cn1c(SCCCN2CCC3(C[C@H]3c3ccc(C(F)(F)F)cc3F)C2)nnc1-c1ccncc1. The van der Waals surface area contributed by atoms with E-state index in [4.69, 9.17) is 0 Å². The van der Waals surface area contributed by atoms with Crippen molar-refractivity contribution in [3.8, 4) is 11.4 Å². The van der Waals surface area contributed by atoms with E-state index in [0.717, 1.165) is 67.3 Å². The van der Waals surface area contributed by atoms with Gasteiger partial charge in [-0.3, -0.25) is 4.98 Å². The molecule has 1 spiro atoms. The predicted octanol–water partition coefficient (Wildman–Crippen LogP) is 5.40. The van der Waals surface area contributed by atoms with Crippen molar-refractivity contribution in [1.82, 2.24) is 24.6 Å². The normalized spacial score (nSPS) is 22.6. The van der Waals surface area contributed by atoms with E-state index in [1.807, 2.05) is 23.7 Å². The highest BCUT2D eigenvalue weighted by Crippen LogP contribution is 2.64. The molecule has 2 atom stereocenters. The van der Waals surface area contributed by atoms with Gasteiger partial charge in [-0.05, 0) is 73.5 Å². The first-order valence-corrected chi connectivity index (χ1v) is 12.3. The van der Waals surface area contributed by atoms with Crippen LogP contribution < -0.4 is 0 Å². The van der Waals surface area contributed by atoms with Crippen LogP contribution in [0.2, 0.25) is 0 Å². The number of rotatable bonds is 7. The van der Waals surface area contributed by atoms with Gasteiger partial charge in [0.25, 0.3) is 0 Å². The van der Waals surface area contributed by atoms with Crippen LogP contribution >= 0.6 is 11.8 Å². The van der Waals surface area contributed by atoms with Crippen molar-refractivity contribution in [3.63, 3.8) is 0 Å². The Hall–Kier alpha value is -2.46. The molecule has 2 aliphatic rings. The molecule has 0 bridgehead atoms. The smallest absolute Gasteiger partial charge is 0.305 e. The van der Waals surface area contributed by atoms with Gasteiger partial charge in [-0.1, -0.05) is 17.8 Å². The molecular formula is C24H25F4N5S. The molecule has 5 rings (SSSR count). The predicted molar refractivity (Wildman–Crippen MR) is 122 cm³/mol. The average Bonchev–Trinajstić information content (AvgIpc) is 3.14. The van der Waals surface area contributed by atoms with Gasteiger partial charge in [0.15, 0.2) is 11.0 Å². The Morgan fingerprint density at radius 3 is 2.68 bits per heavy atom. The Bertz CT molecular complexity index is 1170. The summed E-state index contributed by atoms with van der Waals surface area (Å²) < 4.78 is 54.9. The number of hydrogen-bond acceptors (Lipinski definition) is 5. The molecule has 0 amide bonds. The van der Waals surface area contributed by atoms with Crippen molar-refractivity contribution in [1.29, 1.82) is 0 Å². The van der Waals surface area contributed by atoms with Crippen molar-refractivity contribution < 1.29 is 17.6 Å². The molecule has 1 saturated heterocycles. The number of aromatic nitrogens is 4. The minimum Gasteiger partial charge on any atom is -0.305 e. The van der Waals surface area contributed by atoms with Gasteiger partial charge in [0.1, 0.15) is 5.82 Å². The van der Waals surface area contributed by atoms with Crippen LogP contribution in [0, 0.1) is 11.2 Å². The molecule has 2 fully saturated rings. The second-order valence-electron chi connectivity index (χ2n) is 9.18. The average molecular weight is 492 g/mol. The van der Waals surface area contributed by atoms with Gasteiger partial charge in [-0.25, -0.2) is 4.39 Å². The van der Waals surface area contributed by atoms with E-state index < -0.39 is 17.6 Å². The number of likely N-dealkylation sites (tertiary alicyclic amines) is 1. The zero-order chi connectivity index (χ0) is 23.9. The van der Waals surface area contributed by atoms with Crippen molar-refractivity contribution in [3.05, 3.63) is 59.7 Å². The summed E-state index contributed by atoms with van der Waals surface area (Å²) in [5, 5.41) is 9.46.